The van der Waals surface area contributed by atoms with Crippen molar-refractivity contribution in [3.8, 4) is 5.75 Å². The third kappa shape index (κ3) is 3.27. The second kappa shape index (κ2) is 6.96. The molecule has 25 heavy (non-hydrogen) atoms. The van der Waals surface area contributed by atoms with Crippen molar-refractivity contribution in [1.29, 1.82) is 0 Å². The normalized spacial score (nSPS) is 20.3. The van der Waals surface area contributed by atoms with E-state index in [1.807, 2.05) is 6.26 Å². The van der Waals surface area contributed by atoms with E-state index in [2.05, 4.69) is 46.9 Å². The fraction of sp³-hybridized carbons (Fsp3) is 0.400. The van der Waals surface area contributed by atoms with Gasteiger partial charge in [0.05, 0.1) is 5.71 Å². The molecule has 1 N–H and O–H groups in total. The lowest BCUT2D eigenvalue weighted by atomic mass is 9.78. The number of thioether (sulfide) groups is 1. The van der Waals surface area contributed by atoms with E-state index >= 15 is 0 Å². The quantitative estimate of drug-likeness (QED) is 0.548. The van der Waals surface area contributed by atoms with Gasteiger partial charge in [-0.2, -0.15) is 5.10 Å². The number of hydrogen-bond acceptors (Lipinski definition) is 4. The molecule has 1 fully saturated rings. The van der Waals surface area contributed by atoms with Gasteiger partial charge in [0.15, 0.2) is 4.32 Å². The molecule has 0 amide bonds. The number of benzene rings is 2. The van der Waals surface area contributed by atoms with E-state index < -0.39 is 0 Å². The minimum Gasteiger partial charge on any atom is -0.486 e. The molecule has 0 saturated heterocycles. The van der Waals surface area contributed by atoms with Gasteiger partial charge in [0.1, 0.15) is 11.4 Å². The molecule has 1 aliphatic carbocycles. The summed E-state index contributed by atoms with van der Waals surface area (Å²) in [7, 11) is 0. The van der Waals surface area contributed by atoms with E-state index in [1.54, 1.807) is 0 Å². The highest BCUT2D eigenvalue weighted by atomic mass is 32.2. The van der Waals surface area contributed by atoms with Crippen molar-refractivity contribution in [2.24, 2.45) is 5.10 Å². The third-order valence-corrected chi connectivity index (χ3v) is 6.28. The molecule has 2 aliphatic rings. The zero-order valence-electron chi connectivity index (χ0n) is 14.4. The van der Waals surface area contributed by atoms with Crippen LogP contribution in [0.1, 0.15) is 44.1 Å². The van der Waals surface area contributed by atoms with Gasteiger partial charge >= 0.3 is 0 Å². The van der Waals surface area contributed by atoms with Crippen molar-refractivity contribution in [2.75, 3.05) is 6.26 Å². The number of fused-ring (bicyclic) bond motifs is 3. The summed E-state index contributed by atoms with van der Waals surface area (Å²) in [5, 5.41) is 7.06. The summed E-state index contributed by atoms with van der Waals surface area (Å²) in [5.41, 5.74) is 5.08. The SMILES string of the molecule is CSC(=S)N/N=C1\CC2(CCCCC2)Oc2c1ccc1ccccc21. The molecule has 5 heteroatoms. The van der Waals surface area contributed by atoms with Crippen molar-refractivity contribution >= 4 is 44.8 Å². The number of hydrazone groups is 1. The lowest BCUT2D eigenvalue weighted by Gasteiger charge is -2.42. The predicted molar refractivity (Wildman–Crippen MR) is 111 cm³/mol. The van der Waals surface area contributed by atoms with Gasteiger partial charge in [-0.1, -0.05) is 60.7 Å². The second-order valence-electron chi connectivity index (χ2n) is 6.85. The Kier molecular flexibility index (Phi) is 4.69. The van der Waals surface area contributed by atoms with Crippen molar-refractivity contribution in [1.82, 2.24) is 5.43 Å². The van der Waals surface area contributed by atoms with Crippen LogP contribution in [0.25, 0.3) is 10.8 Å². The number of nitrogens with one attached hydrogen (secondary N) is 1. The average molecular weight is 371 g/mol. The fourth-order valence-electron chi connectivity index (χ4n) is 3.97. The van der Waals surface area contributed by atoms with Crippen LogP contribution in [-0.2, 0) is 0 Å². The molecule has 0 atom stereocenters. The van der Waals surface area contributed by atoms with Crippen LogP contribution in [0.2, 0.25) is 0 Å². The first-order valence-electron chi connectivity index (χ1n) is 8.82. The number of ether oxygens (including phenoxy) is 1. The lowest BCUT2D eigenvalue weighted by Crippen LogP contribution is -2.44. The van der Waals surface area contributed by atoms with Crippen molar-refractivity contribution in [2.45, 2.75) is 44.1 Å². The number of hydrogen-bond donors (Lipinski definition) is 1. The van der Waals surface area contributed by atoms with Crippen molar-refractivity contribution in [3.05, 3.63) is 42.0 Å². The zero-order valence-corrected chi connectivity index (χ0v) is 16.0. The van der Waals surface area contributed by atoms with Gasteiger partial charge in [0.2, 0.25) is 0 Å². The molecule has 1 spiro atoms. The molecule has 0 unspecified atom stereocenters. The fourth-order valence-corrected chi connectivity index (χ4v) is 4.15. The first-order valence-corrected chi connectivity index (χ1v) is 10.5. The molecule has 2 aromatic carbocycles. The first kappa shape index (κ1) is 16.9. The third-order valence-electron chi connectivity index (χ3n) is 5.23. The molecule has 0 radical (unpaired) electrons. The summed E-state index contributed by atoms with van der Waals surface area (Å²) in [6.07, 6.45) is 8.76. The predicted octanol–water partition coefficient (Wildman–Crippen LogP) is 5.27. The Morgan fingerprint density at radius 2 is 1.96 bits per heavy atom. The minimum atomic E-state index is -0.114. The van der Waals surface area contributed by atoms with Gasteiger partial charge in [0, 0.05) is 17.4 Å². The van der Waals surface area contributed by atoms with E-state index in [-0.39, 0.29) is 5.60 Å². The van der Waals surface area contributed by atoms with Gasteiger partial charge in [0.25, 0.3) is 0 Å². The summed E-state index contributed by atoms with van der Waals surface area (Å²) in [4.78, 5) is 0. The van der Waals surface area contributed by atoms with E-state index in [0.29, 0.717) is 4.32 Å². The second-order valence-corrected chi connectivity index (χ2v) is 8.33. The van der Waals surface area contributed by atoms with Crippen LogP contribution in [0, 0.1) is 0 Å². The molecule has 2 aromatic rings. The Labute approximate surface area is 158 Å². The Morgan fingerprint density at radius 1 is 1.16 bits per heavy atom. The van der Waals surface area contributed by atoms with Crippen LogP contribution >= 0.6 is 24.0 Å². The summed E-state index contributed by atoms with van der Waals surface area (Å²) in [6.45, 7) is 0. The van der Waals surface area contributed by atoms with Crippen LogP contribution < -0.4 is 10.2 Å². The van der Waals surface area contributed by atoms with Gasteiger partial charge in [-0.3, -0.25) is 5.43 Å². The van der Waals surface area contributed by atoms with Crippen molar-refractivity contribution in [3.63, 3.8) is 0 Å². The summed E-state index contributed by atoms with van der Waals surface area (Å²) >= 11 is 6.77. The van der Waals surface area contributed by atoms with Crippen LogP contribution in [0.4, 0.5) is 0 Å². The minimum absolute atomic E-state index is 0.114. The molecule has 0 bridgehead atoms. The average Bonchev–Trinajstić information content (AvgIpc) is 2.66. The molecule has 0 aromatic heterocycles. The van der Waals surface area contributed by atoms with E-state index in [0.717, 1.165) is 36.3 Å². The zero-order chi connectivity index (χ0) is 17.3. The topological polar surface area (TPSA) is 33.6 Å². The van der Waals surface area contributed by atoms with Gasteiger partial charge in [-0.25, -0.2) is 0 Å². The maximum Gasteiger partial charge on any atom is 0.153 e. The first-order chi connectivity index (χ1) is 12.2. The molecule has 130 valence electrons. The summed E-state index contributed by atoms with van der Waals surface area (Å²) in [5.74, 6) is 0.988. The standard InChI is InChI=1S/C20H22N2OS2/c1-25-19(24)22-21-17-13-20(11-5-2-6-12-20)23-18-15-8-4-3-7-14(15)9-10-16(17)18/h3-4,7-10H,2,5-6,11-13H2,1H3,(H,22,24)/b21-17+. The molecule has 3 nitrogen and oxygen atoms in total. The highest BCUT2D eigenvalue weighted by Crippen LogP contribution is 2.44. The Morgan fingerprint density at radius 3 is 2.76 bits per heavy atom. The van der Waals surface area contributed by atoms with Crippen LogP contribution in [0.15, 0.2) is 41.5 Å². The van der Waals surface area contributed by atoms with Gasteiger partial charge in [-0.15, -0.1) is 0 Å². The molecular formula is C20H22N2OS2. The monoisotopic (exact) mass is 370 g/mol. The number of nitrogens with zero attached hydrogens (tertiary/aromatic N) is 1. The van der Waals surface area contributed by atoms with Gasteiger partial charge in [-0.05, 0) is 43.4 Å². The van der Waals surface area contributed by atoms with Crippen LogP contribution in [0.5, 0.6) is 5.75 Å². The van der Waals surface area contributed by atoms with Crippen LogP contribution in [0.3, 0.4) is 0 Å². The number of thiocarbonyl (C=S) groups is 1. The molecule has 1 aliphatic heterocycles. The molecule has 4 rings (SSSR count). The maximum absolute atomic E-state index is 6.69. The molecular weight excluding hydrogens is 348 g/mol. The summed E-state index contributed by atoms with van der Waals surface area (Å²) < 4.78 is 7.38. The maximum atomic E-state index is 6.69. The number of rotatable bonds is 1. The smallest absolute Gasteiger partial charge is 0.153 e. The van der Waals surface area contributed by atoms with Crippen molar-refractivity contribution < 1.29 is 4.74 Å². The highest BCUT2D eigenvalue weighted by molar-refractivity contribution is 8.22. The highest BCUT2D eigenvalue weighted by Gasteiger charge is 2.41. The molecule has 1 heterocycles. The van der Waals surface area contributed by atoms with Crippen LogP contribution in [-0.4, -0.2) is 21.9 Å². The molecule has 1 saturated carbocycles. The largest absolute Gasteiger partial charge is 0.486 e. The Hall–Kier alpha value is -1.59. The van der Waals surface area contributed by atoms with E-state index in [1.165, 1.54) is 41.8 Å². The van der Waals surface area contributed by atoms with Gasteiger partial charge < -0.3 is 4.74 Å². The van der Waals surface area contributed by atoms with E-state index in [9.17, 15) is 0 Å². The Bertz CT molecular complexity index is 841. The van der Waals surface area contributed by atoms with E-state index in [4.69, 9.17) is 17.0 Å². The Balaban J connectivity index is 1.83. The lowest BCUT2D eigenvalue weighted by molar-refractivity contribution is 0.0336. The summed E-state index contributed by atoms with van der Waals surface area (Å²) in [6, 6.07) is 12.7.